The zero-order valence-electron chi connectivity index (χ0n) is 16.5. The number of fused-ring (bicyclic) bond motifs is 2. The first-order valence-electron chi connectivity index (χ1n) is 9.81. The molecule has 2 aromatic heterocycles. The van der Waals surface area contributed by atoms with Crippen molar-refractivity contribution in [2.24, 2.45) is 0 Å². The zero-order chi connectivity index (χ0) is 20.5. The molecule has 0 fully saturated rings. The van der Waals surface area contributed by atoms with Crippen molar-refractivity contribution in [1.29, 1.82) is 0 Å². The summed E-state index contributed by atoms with van der Waals surface area (Å²) in [6, 6.07) is 15.4. The van der Waals surface area contributed by atoms with Crippen LogP contribution in [0.15, 0.2) is 59.2 Å². The van der Waals surface area contributed by atoms with E-state index < -0.39 is 0 Å². The van der Waals surface area contributed by atoms with Gasteiger partial charge in [-0.05, 0) is 47.9 Å². The molecule has 0 aliphatic carbocycles. The van der Waals surface area contributed by atoms with E-state index in [1.165, 1.54) is 16.9 Å². The lowest BCUT2D eigenvalue weighted by Crippen LogP contribution is -2.31. The van der Waals surface area contributed by atoms with E-state index >= 15 is 0 Å². The molecular formula is C23H20N2O4S. The van der Waals surface area contributed by atoms with Gasteiger partial charge in [0.2, 0.25) is 12.7 Å². The minimum Gasteiger partial charge on any atom is -0.467 e. The average Bonchev–Trinajstić information content (AvgIpc) is 3.51. The van der Waals surface area contributed by atoms with Crippen molar-refractivity contribution in [3.63, 3.8) is 0 Å². The molecule has 3 heterocycles. The number of aryl methyl sites for hydroxylation is 1. The molecule has 30 heavy (non-hydrogen) atoms. The Morgan fingerprint density at radius 2 is 2.03 bits per heavy atom. The summed E-state index contributed by atoms with van der Waals surface area (Å²) in [4.78, 5) is 19.9. The summed E-state index contributed by atoms with van der Waals surface area (Å²) in [5.74, 6) is 2.04. The first kappa shape index (κ1) is 18.7. The summed E-state index contributed by atoms with van der Waals surface area (Å²) in [6.07, 6.45) is 2.74. The second kappa shape index (κ2) is 7.84. The van der Waals surface area contributed by atoms with Gasteiger partial charge in [0.1, 0.15) is 5.76 Å². The Balaban J connectivity index is 1.48. The Bertz CT molecular complexity index is 1200. The molecule has 1 aliphatic heterocycles. The molecule has 1 amide bonds. The molecule has 1 aliphatic rings. The van der Waals surface area contributed by atoms with Gasteiger partial charge in [-0.3, -0.25) is 9.69 Å². The number of hydrogen-bond acceptors (Lipinski definition) is 6. The molecule has 0 spiro atoms. The Labute approximate surface area is 177 Å². The second-order valence-corrected chi connectivity index (χ2v) is 8.05. The number of nitrogens with zero attached hydrogens (tertiary/aromatic N) is 2. The van der Waals surface area contributed by atoms with Crippen LogP contribution in [0.2, 0.25) is 0 Å². The summed E-state index contributed by atoms with van der Waals surface area (Å²) < 4.78 is 17.4. The van der Waals surface area contributed by atoms with Crippen LogP contribution >= 0.6 is 11.3 Å². The minimum absolute atomic E-state index is 0.0534. The number of benzene rings is 2. The molecule has 4 aromatic rings. The molecule has 0 saturated heterocycles. The predicted octanol–water partition coefficient (Wildman–Crippen LogP) is 4.96. The fourth-order valence-electron chi connectivity index (χ4n) is 3.54. The van der Waals surface area contributed by atoms with Crippen LogP contribution < -0.4 is 14.4 Å². The predicted molar refractivity (Wildman–Crippen MR) is 115 cm³/mol. The summed E-state index contributed by atoms with van der Waals surface area (Å²) in [5.41, 5.74) is 3.00. The molecule has 0 saturated carbocycles. The van der Waals surface area contributed by atoms with E-state index in [9.17, 15) is 4.79 Å². The maximum Gasteiger partial charge on any atom is 0.233 e. The number of carbonyl (C=O) groups is 1. The van der Waals surface area contributed by atoms with Crippen molar-refractivity contribution in [1.82, 2.24) is 4.98 Å². The lowest BCUT2D eigenvalue weighted by Gasteiger charge is -2.19. The largest absolute Gasteiger partial charge is 0.467 e. The summed E-state index contributed by atoms with van der Waals surface area (Å²) in [7, 11) is 0. The van der Waals surface area contributed by atoms with Gasteiger partial charge in [0.15, 0.2) is 16.6 Å². The molecule has 7 heteroatoms. The van der Waals surface area contributed by atoms with Crippen molar-refractivity contribution in [3.8, 4) is 11.5 Å². The highest BCUT2D eigenvalue weighted by Crippen LogP contribution is 2.34. The highest BCUT2D eigenvalue weighted by molar-refractivity contribution is 7.22. The fourth-order valence-corrected chi connectivity index (χ4v) is 4.57. The first-order valence-corrected chi connectivity index (χ1v) is 10.6. The Kier molecular flexibility index (Phi) is 4.88. The molecule has 5 rings (SSSR count). The molecule has 6 nitrogen and oxygen atoms in total. The second-order valence-electron chi connectivity index (χ2n) is 7.04. The molecule has 0 radical (unpaired) electrons. The third kappa shape index (κ3) is 3.52. The van der Waals surface area contributed by atoms with Gasteiger partial charge < -0.3 is 13.9 Å². The number of para-hydroxylation sites is 1. The Morgan fingerprint density at radius 1 is 1.13 bits per heavy atom. The number of carbonyl (C=O) groups excluding carboxylic acids is 1. The van der Waals surface area contributed by atoms with Gasteiger partial charge in [-0.2, -0.15) is 0 Å². The number of anilines is 1. The third-order valence-electron chi connectivity index (χ3n) is 5.09. The highest BCUT2D eigenvalue weighted by Gasteiger charge is 2.23. The van der Waals surface area contributed by atoms with Gasteiger partial charge in [-0.15, -0.1) is 0 Å². The number of furan rings is 1. The van der Waals surface area contributed by atoms with E-state index in [4.69, 9.17) is 18.9 Å². The monoisotopic (exact) mass is 420 g/mol. The van der Waals surface area contributed by atoms with Crippen LogP contribution in [0.5, 0.6) is 11.5 Å². The van der Waals surface area contributed by atoms with Crippen LogP contribution in [-0.2, 0) is 24.2 Å². The standard InChI is InChI=1S/C23H20N2O4S/c1-2-16-5-3-7-20-22(16)24-23(30-20)25(13-17-6-4-10-27-17)21(26)12-15-8-9-18-19(11-15)29-14-28-18/h3-11H,2,12-14H2,1H3. The van der Waals surface area contributed by atoms with Crippen molar-refractivity contribution in [2.45, 2.75) is 26.3 Å². The average molecular weight is 420 g/mol. The smallest absolute Gasteiger partial charge is 0.233 e. The van der Waals surface area contributed by atoms with Gasteiger partial charge in [-0.1, -0.05) is 36.5 Å². The number of hydrogen-bond donors (Lipinski definition) is 0. The van der Waals surface area contributed by atoms with Crippen molar-refractivity contribution >= 4 is 32.6 Å². The van der Waals surface area contributed by atoms with Gasteiger partial charge >= 0.3 is 0 Å². The van der Waals surface area contributed by atoms with E-state index in [0.29, 0.717) is 28.9 Å². The van der Waals surface area contributed by atoms with Crippen LogP contribution in [0.4, 0.5) is 5.13 Å². The van der Waals surface area contributed by atoms with Gasteiger partial charge in [0, 0.05) is 0 Å². The van der Waals surface area contributed by atoms with E-state index in [1.54, 1.807) is 11.2 Å². The highest BCUT2D eigenvalue weighted by atomic mass is 32.1. The van der Waals surface area contributed by atoms with Gasteiger partial charge in [-0.25, -0.2) is 4.98 Å². The molecule has 0 unspecified atom stereocenters. The van der Waals surface area contributed by atoms with Crippen molar-refractivity contribution in [2.75, 3.05) is 11.7 Å². The normalized spacial score (nSPS) is 12.4. The number of thiazole rings is 1. The van der Waals surface area contributed by atoms with E-state index in [-0.39, 0.29) is 19.1 Å². The van der Waals surface area contributed by atoms with Crippen LogP contribution in [0.3, 0.4) is 0 Å². The lowest BCUT2D eigenvalue weighted by atomic mass is 10.1. The topological polar surface area (TPSA) is 64.8 Å². The van der Waals surface area contributed by atoms with E-state index in [0.717, 1.165) is 22.2 Å². The van der Waals surface area contributed by atoms with E-state index in [2.05, 4.69) is 13.0 Å². The molecular weight excluding hydrogens is 400 g/mol. The van der Waals surface area contributed by atoms with Crippen LogP contribution in [-0.4, -0.2) is 17.7 Å². The maximum absolute atomic E-state index is 13.3. The van der Waals surface area contributed by atoms with Crippen LogP contribution in [0.1, 0.15) is 23.8 Å². The summed E-state index contributed by atoms with van der Waals surface area (Å²) in [6.45, 7) is 2.65. The number of rotatable bonds is 6. The molecule has 0 atom stereocenters. The number of ether oxygens (including phenoxy) is 2. The molecule has 2 aromatic carbocycles. The maximum atomic E-state index is 13.3. The minimum atomic E-state index is -0.0534. The Hall–Kier alpha value is -3.32. The molecule has 152 valence electrons. The van der Waals surface area contributed by atoms with E-state index in [1.807, 2.05) is 42.5 Å². The quantitative estimate of drug-likeness (QED) is 0.441. The van der Waals surface area contributed by atoms with Crippen LogP contribution in [0.25, 0.3) is 10.2 Å². The number of aromatic nitrogens is 1. The van der Waals surface area contributed by atoms with Gasteiger partial charge in [0.05, 0.1) is 29.4 Å². The third-order valence-corrected chi connectivity index (χ3v) is 6.13. The zero-order valence-corrected chi connectivity index (χ0v) is 17.3. The Morgan fingerprint density at radius 3 is 2.87 bits per heavy atom. The lowest BCUT2D eigenvalue weighted by molar-refractivity contribution is -0.118. The van der Waals surface area contributed by atoms with Crippen molar-refractivity contribution < 1.29 is 18.7 Å². The van der Waals surface area contributed by atoms with Gasteiger partial charge in [0.25, 0.3) is 0 Å². The summed E-state index contributed by atoms with van der Waals surface area (Å²) >= 11 is 1.52. The first-order chi connectivity index (χ1) is 14.7. The van der Waals surface area contributed by atoms with Crippen LogP contribution in [0, 0.1) is 0 Å². The fraction of sp³-hybridized carbons (Fsp3) is 0.217. The SMILES string of the molecule is CCc1cccc2sc(N(Cc3ccco3)C(=O)Cc3ccc4c(c3)OCO4)nc12. The van der Waals surface area contributed by atoms with Crippen molar-refractivity contribution in [3.05, 3.63) is 71.7 Å². The summed E-state index contributed by atoms with van der Waals surface area (Å²) in [5, 5.41) is 0.674. The molecule has 0 bridgehead atoms. The molecule has 0 N–H and O–H groups in total. The number of amides is 1.